The Hall–Kier alpha value is -2.86. The molecular formula is C22H22N4OS. The summed E-state index contributed by atoms with van der Waals surface area (Å²) in [5.74, 6) is 0.882. The molecule has 0 aliphatic carbocycles. The minimum atomic E-state index is 0.0612. The highest BCUT2D eigenvalue weighted by atomic mass is 32.2. The van der Waals surface area contributed by atoms with Crippen molar-refractivity contribution in [2.45, 2.75) is 0 Å². The van der Waals surface area contributed by atoms with E-state index in [9.17, 15) is 4.79 Å². The van der Waals surface area contributed by atoms with E-state index < -0.39 is 0 Å². The largest absolute Gasteiger partial charge is 0.346 e. The Bertz CT molecular complexity index is 901. The molecule has 2 heterocycles. The van der Waals surface area contributed by atoms with Crippen molar-refractivity contribution in [2.24, 2.45) is 10.2 Å². The second-order valence-corrected chi connectivity index (χ2v) is 7.58. The second-order valence-electron chi connectivity index (χ2n) is 6.64. The summed E-state index contributed by atoms with van der Waals surface area (Å²) in [6.45, 7) is 2.97. The zero-order valence-corrected chi connectivity index (χ0v) is 16.4. The van der Waals surface area contributed by atoms with Crippen molar-refractivity contribution >= 4 is 34.6 Å². The normalized spacial score (nSPS) is 17.4. The van der Waals surface area contributed by atoms with Gasteiger partial charge in [0.15, 0.2) is 5.17 Å². The van der Waals surface area contributed by atoms with Crippen molar-refractivity contribution in [2.75, 3.05) is 31.9 Å². The van der Waals surface area contributed by atoms with Gasteiger partial charge in [-0.25, -0.2) is 0 Å². The van der Waals surface area contributed by atoms with Gasteiger partial charge in [-0.05, 0) is 17.2 Å². The minimum Gasteiger partial charge on any atom is -0.346 e. The van der Waals surface area contributed by atoms with Crippen LogP contribution in [0.3, 0.4) is 0 Å². The lowest BCUT2D eigenvalue weighted by Gasteiger charge is -2.35. The topological polar surface area (TPSA) is 48.3 Å². The molecule has 2 aromatic rings. The van der Waals surface area contributed by atoms with Crippen LogP contribution in [-0.4, -0.2) is 58.5 Å². The first-order chi connectivity index (χ1) is 13.8. The third-order valence-electron chi connectivity index (χ3n) is 4.78. The summed E-state index contributed by atoms with van der Waals surface area (Å²) in [5, 5.41) is 9.81. The van der Waals surface area contributed by atoms with Crippen LogP contribution in [0.15, 0.2) is 76.9 Å². The summed E-state index contributed by atoms with van der Waals surface area (Å²) in [6.07, 6.45) is 3.53. The van der Waals surface area contributed by atoms with E-state index in [4.69, 9.17) is 0 Å². The van der Waals surface area contributed by atoms with Gasteiger partial charge in [-0.2, -0.15) is 5.10 Å². The molecule has 1 fully saturated rings. The summed E-state index contributed by atoms with van der Waals surface area (Å²) in [5.41, 5.74) is 3.17. The lowest BCUT2D eigenvalue weighted by molar-refractivity contribution is -0.127. The Kier molecular flexibility index (Phi) is 5.87. The maximum atomic E-state index is 12.4. The number of rotatable bonds is 3. The fourth-order valence-electron chi connectivity index (χ4n) is 3.18. The van der Waals surface area contributed by atoms with Crippen LogP contribution in [0.2, 0.25) is 0 Å². The van der Waals surface area contributed by atoms with Gasteiger partial charge in [0.05, 0.1) is 5.71 Å². The van der Waals surface area contributed by atoms with Gasteiger partial charge in [0.2, 0.25) is 5.91 Å². The molecule has 0 aromatic heterocycles. The molecule has 4 rings (SSSR count). The molecule has 1 amide bonds. The number of amides is 1. The molecule has 2 aromatic carbocycles. The predicted molar refractivity (Wildman–Crippen MR) is 117 cm³/mol. The summed E-state index contributed by atoms with van der Waals surface area (Å²) >= 11 is 1.72. The first-order valence-electron chi connectivity index (χ1n) is 9.39. The van der Waals surface area contributed by atoms with Gasteiger partial charge in [-0.3, -0.25) is 4.79 Å². The van der Waals surface area contributed by atoms with Crippen molar-refractivity contribution in [1.82, 2.24) is 9.80 Å². The van der Waals surface area contributed by atoms with Gasteiger partial charge in [-0.15, -0.1) is 5.10 Å². The standard InChI is InChI=1S/C22H22N4OS/c27-21(12-11-18-7-3-1-4-8-18)25-13-15-26(16-14-25)22-24-23-20(17-28-22)19-9-5-2-6-10-19/h1-12H,13-17H2. The van der Waals surface area contributed by atoms with Crippen molar-refractivity contribution in [3.8, 4) is 0 Å². The molecule has 0 atom stereocenters. The van der Waals surface area contributed by atoms with Crippen LogP contribution in [0.5, 0.6) is 0 Å². The fraction of sp³-hybridized carbons (Fsp3) is 0.227. The van der Waals surface area contributed by atoms with Gasteiger partial charge in [0, 0.05) is 38.0 Å². The van der Waals surface area contributed by atoms with Crippen LogP contribution in [0.1, 0.15) is 11.1 Å². The van der Waals surface area contributed by atoms with E-state index in [-0.39, 0.29) is 5.91 Å². The quantitative estimate of drug-likeness (QED) is 0.755. The summed E-state index contributed by atoms with van der Waals surface area (Å²) in [4.78, 5) is 16.5. The van der Waals surface area contributed by atoms with Gasteiger partial charge in [0.1, 0.15) is 0 Å². The Morgan fingerprint density at radius 2 is 1.57 bits per heavy atom. The second kappa shape index (κ2) is 8.89. The van der Waals surface area contributed by atoms with E-state index in [1.54, 1.807) is 17.8 Å². The van der Waals surface area contributed by atoms with Crippen molar-refractivity contribution in [3.05, 3.63) is 77.9 Å². The third kappa shape index (κ3) is 4.51. The van der Waals surface area contributed by atoms with Crippen LogP contribution in [0.25, 0.3) is 6.08 Å². The molecule has 6 heteroatoms. The maximum Gasteiger partial charge on any atom is 0.246 e. The molecule has 0 saturated carbocycles. The minimum absolute atomic E-state index is 0.0612. The predicted octanol–water partition coefficient (Wildman–Crippen LogP) is 3.35. The number of carbonyl (C=O) groups is 1. The van der Waals surface area contributed by atoms with E-state index in [1.807, 2.05) is 59.5 Å². The molecule has 142 valence electrons. The zero-order chi connectivity index (χ0) is 19.2. The van der Waals surface area contributed by atoms with E-state index in [0.29, 0.717) is 13.1 Å². The molecule has 2 aliphatic rings. The average molecular weight is 391 g/mol. The Balaban J connectivity index is 1.32. The third-order valence-corrected chi connectivity index (χ3v) is 5.80. The summed E-state index contributed by atoms with van der Waals surface area (Å²) in [7, 11) is 0. The maximum absolute atomic E-state index is 12.4. The molecule has 1 saturated heterocycles. The highest BCUT2D eigenvalue weighted by molar-refractivity contribution is 8.14. The molecular weight excluding hydrogens is 368 g/mol. The van der Waals surface area contributed by atoms with E-state index in [1.165, 1.54) is 0 Å². The van der Waals surface area contributed by atoms with E-state index in [0.717, 1.165) is 40.8 Å². The van der Waals surface area contributed by atoms with Gasteiger partial charge >= 0.3 is 0 Å². The van der Waals surface area contributed by atoms with Crippen LogP contribution in [0.4, 0.5) is 0 Å². The number of hydrogen-bond acceptors (Lipinski definition) is 5. The van der Waals surface area contributed by atoms with Gasteiger partial charge in [-0.1, -0.05) is 72.4 Å². The lowest BCUT2D eigenvalue weighted by Crippen LogP contribution is -2.50. The summed E-state index contributed by atoms with van der Waals surface area (Å²) < 4.78 is 0. The smallest absolute Gasteiger partial charge is 0.246 e. The Morgan fingerprint density at radius 3 is 2.21 bits per heavy atom. The number of hydrogen-bond donors (Lipinski definition) is 0. The lowest BCUT2D eigenvalue weighted by atomic mass is 10.1. The summed E-state index contributed by atoms with van der Waals surface area (Å²) in [6, 6.07) is 20.1. The molecule has 2 aliphatic heterocycles. The van der Waals surface area contributed by atoms with Crippen molar-refractivity contribution < 1.29 is 4.79 Å². The molecule has 0 spiro atoms. The van der Waals surface area contributed by atoms with Crippen LogP contribution in [-0.2, 0) is 4.79 Å². The number of benzene rings is 2. The molecule has 28 heavy (non-hydrogen) atoms. The van der Waals surface area contributed by atoms with Crippen molar-refractivity contribution in [3.63, 3.8) is 0 Å². The van der Waals surface area contributed by atoms with Crippen molar-refractivity contribution in [1.29, 1.82) is 0 Å². The number of piperazine rings is 1. The zero-order valence-electron chi connectivity index (χ0n) is 15.6. The molecule has 0 N–H and O–H groups in total. The van der Waals surface area contributed by atoms with E-state index in [2.05, 4.69) is 27.2 Å². The molecule has 0 unspecified atom stereocenters. The molecule has 5 nitrogen and oxygen atoms in total. The number of amidine groups is 1. The average Bonchev–Trinajstić information content (AvgIpc) is 2.79. The Morgan fingerprint density at radius 1 is 0.893 bits per heavy atom. The fourth-order valence-corrected chi connectivity index (χ4v) is 4.13. The van der Waals surface area contributed by atoms with Gasteiger partial charge in [0.25, 0.3) is 0 Å². The highest BCUT2D eigenvalue weighted by Gasteiger charge is 2.24. The number of nitrogens with zero attached hydrogens (tertiary/aromatic N) is 4. The first kappa shape index (κ1) is 18.5. The van der Waals surface area contributed by atoms with Crippen LogP contribution < -0.4 is 0 Å². The highest BCUT2D eigenvalue weighted by Crippen LogP contribution is 2.19. The number of thioether (sulfide) groups is 1. The monoisotopic (exact) mass is 390 g/mol. The SMILES string of the molecule is O=C(C=Cc1ccccc1)N1CCN(C2=NN=C(c3ccccc3)CS2)CC1. The van der Waals surface area contributed by atoms with Gasteiger partial charge < -0.3 is 9.80 Å². The van der Waals surface area contributed by atoms with Crippen LogP contribution >= 0.6 is 11.8 Å². The Labute approximate surface area is 169 Å². The molecule has 0 radical (unpaired) electrons. The molecule has 0 bridgehead atoms. The first-order valence-corrected chi connectivity index (χ1v) is 10.4. The number of carbonyl (C=O) groups excluding carboxylic acids is 1. The van der Waals surface area contributed by atoms with Crippen LogP contribution in [0, 0.1) is 0 Å². The van der Waals surface area contributed by atoms with E-state index >= 15 is 0 Å².